The van der Waals surface area contributed by atoms with E-state index in [0.29, 0.717) is 5.39 Å². The van der Waals surface area contributed by atoms with Crippen LogP contribution in [0.1, 0.15) is 0 Å². The van der Waals surface area contributed by atoms with E-state index in [4.69, 9.17) is 11.6 Å². The molecule has 1 aromatic carbocycles. The van der Waals surface area contributed by atoms with E-state index in [0.717, 1.165) is 0 Å². The zero-order valence-corrected chi connectivity index (χ0v) is 8.76. The van der Waals surface area contributed by atoms with Gasteiger partial charge >= 0.3 is 10.2 Å². The Bertz CT molecular complexity index is 630. The normalized spacial score (nSPS) is 11.9. The quantitative estimate of drug-likeness (QED) is 0.722. The largest absolute Gasteiger partial charge is 0.352 e. The maximum atomic E-state index is 12.8. The van der Waals surface area contributed by atoms with Crippen LogP contribution >= 0.6 is 11.6 Å². The van der Waals surface area contributed by atoms with Crippen molar-refractivity contribution in [3.05, 3.63) is 29.4 Å². The highest BCUT2D eigenvalue weighted by atomic mass is 35.5. The fraction of sp³-hybridized carbons (Fsp3) is 0. The number of halogens is 2. The molecule has 7 heteroatoms. The Labute approximate surface area is 89.9 Å². The van der Waals surface area contributed by atoms with Gasteiger partial charge in [-0.15, -0.1) is 10.2 Å². The van der Waals surface area contributed by atoms with E-state index in [1.807, 2.05) is 0 Å². The third-order valence-electron chi connectivity index (χ3n) is 1.84. The van der Waals surface area contributed by atoms with Gasteiger partial charge in [-0.25, -0.2) is 0 Å². The summed E-state index contributed by atoms with van der Waals surface area (Å²) in [7, 11) is -4.88. The molecule has 0 N–H and O–H groups in total. The summed E-state index contributed by atoms with van der Waals surface area (Å²) in [6, 6.07) is 6.17. The number of benzene rings is 1. The van der Waals surface area contributed by atoms with Gasteiger partial charge in [0.15, 0.2) is 5.15 Å². The van der Waals surface area contributed by atoms with Gasteiger partial charge < -0.3 is 0 Å². The molecule has 0 radical (unpaired) electrons. The second-order valence-corrected chi connectivity index (χ2v) is 4.40. The van der Waals surface area contributed by atoms with Crippen molar-refractivity contribution in [3.8, 4) is 0 Å². The van der Waals surface area contributed by atoms with Crippen LogP contribution in [0.3, 0.4) is 0 Å². The summed E-state index contributed by atoms with van der Waals surface area (Å²) in [5.74, 6) is 0. The van der Waals surface area contributed by atoms with Crippen LogP contribution in [0.25, 0.3) is 10.8 Å². The summed E-state index contributed by atoms with van der Waals surface area (Å²) in [6.45, 7) is 0. The molecule has 0 fully saturated rings. The molecule has 4 nitrogen and oxygen atoms in total. The molecule has 0 aliphatic carbocycles. The molecule has 0 saturated heterocycles. The minimum atomic E-state index is -4.88. The van der Waals surface area contributed by atoms with E-state index in [1.165, 1.54) is 6.07 Å². The van der Waals surface area contributed by atoms with Crippen LogP contribution in [0.4, 0.5) is 3.89 Å². The molecule has 2 aromatic rings. The van der Waals surface area contributed by atoms with E-state index < -0.39 is 15.2 Å². The predicted octanol–water partition coefficient (Wildman–Crippen LogP) is 1.94. The molecule has 0 bridgehead atoms. The van der Waals surface area contributed by atoms with Crippen molar-refractivity contribution in [1.82, 2.24) is 10.2 Å². The molecule has 0 aliphatic rings. The van der Waals surface area contributed by atoms with Gasteiger partial charge in [0, 0.05) is 10.8 Å². The number of rotatable bonds is 1. The van der Waals surface area contributed by atoms with Gasteiger partial charge in [-0.05, 0) is 0 Å². The molecule has 1 aromatic heterocycles. The van der Waals surface area contributed by atoms with Gasteiger partial charge in [-0.2, -0.15) is 8.42 Å². The molecule has 0 aliphatic heterocycles. The first-order chi connectivity index (χ1) is 7.00. The summed E-state index contributed by atoms with van der Waals surface area (Å²) >= 11 is 5.69. The summed E-state index contributed by atoms with van der Waals surface area (Å²) in [4.78, 5) is 0. The Morgan fingerprint density at radius 1 is 1.13 bits per heavy atom. The first kappa shape index (κ1) is 10.3. The summed E-state index contributed by atoms with van der Waals surface area (Å²) in [5, 5.41) is 6.41. The number of hydrogen-bond acceptors (Lipinski definition) is 4. The number of hydrogen-bond donors (Lipinski definition) is 0. The average molecular weight is 247 g/mol. The van der Waals surface area contributed by atoms with E-state index >= 15 is 0 Å². The molecule has 0 amide bonds. The van der Waals surface area contributed by atoms with Crippen LogP contribution in [0.15, 0.2) is 29.3 Å². The van der Waals surface area contributed by atoms with E-state index in [9.17, 15) is 12.3 Å². The molecule has 15 heavy (non-hydrogen) atoms. The Balaban J connectivity index is 2.96. The van der Waals surface area contributed by atoms with Crippen molar-refractivity contribution in [1.29, 1.82) is 0 Å². The van der Waals surface area contributed by atoms with Crippen molar-refractivity contribution in [2.45, 2.75) is 5.03 Å². The van der Waals surface area contributed by atoms with Crippen LogP contribution in [0, 0.1) is 0 Å². The molecule has 0 unspecified atom stereocenters. The van der Waals surface area contributed by atoms with Gasteiger partial charge in [0.05, 0.1) is 0 Å². The molecule has 2 rings (SSSR count). The first-order valence-electron chi connectivity index (χ1n) is 3.86. The standard InChI is InChI=1S/C8H4ClFN2O2S/c9-7-5-3-1-2-4-6(5)8(12-11-7)15(10,13)14/h1-4H. The van der Waals surface area contributed by atoms with Gasteiger partial charge in [-0.1, -0.05) is 39.8 Å². The average Bonchev–Trinajstić information content (AvgIpc) is 2.17. The van der Waals surface area contributed by atoms with Crippen LogP contribution in [-0.2, 0) is 10.2 Å². The van der Waals surface area contributed by atoms with Gasteiger partial charge in [0.1, 0.15) is 0 Å². The lowest BCUT2D eigenvalue weighted by atomic mass is 10.2. The summed E-state index contributed by atoms with van der Waals surface area (Å²) in [5.41, 5.74) is 0. The SMILES string of the molecule is O=S(=O)(F)c1nnc(Cl)c2ccccc12. The Kier molecular flexibility index (Phi) is 2.32. The Hall–Kier alpha value is -1.27. The fourth-order valence-electron chi connectivity index (χ4n) is 1.23. The second-order valence-electron chi connectivity index (χ2n) is 2.78. The van der Waals surface area contributed by atoms with E-state index in [-0.39, 0.29) is 10.5 Å². The van der Waals surface area contributed by atoms with Crippen LogP contribution < -0.4 is 0 Å². The zero-order chi connectivity index (χ0) is 11.1. The third kappa shape index (κ3) is 1.78. The lowest BCUT2D eigenvalue weighted by Crippen LogP contribution is -2.00. The van der Waals surface area contributed by atoms with Gasteiger partial charge in [-0.3, -0.25) is 0 Å². The highest BCUT2D eigenvalue weighted by Gasteiger charge is 2.19. The maximum absolute atomic E-state index is 12.8. The first-order valence-corrected chi connectivity index (χ1v) is 5.62. The van der Waals surface area contributed by atoms with Crippen molar-refractivity contribution in [2.75, 3.05) is 0 Å². The molecule has 0 atom stereocenters. The van der Waals surface area contributed by atoms with Crippen molar-refractivity contribution >= 4 is 32.6 Å². The van der Waals surface area contributed by atoms with E-state index in [2.05, 4.69) is 10.2 Å². The Morgan fingerprint density at radius 2 is 1.73 bits per heavy atom. The lowest BCUT2D eigenvalue weighted by molar-refractivity contribution is 0.547. The summed E-state index contributed by atoms with van der Waals surface area (Å²) in [6.07, 6.45) is 0. The highest BCUT2D eigenvalue weighted by molar-refractivity contribution is 7.86. The number of aromatic nitrogens is 2. The summed E-state index contributed by atoms with van der Waals surface area (Å²) < 4.78 is 34.3. The Morgan fingerprint density at radius 3 is 2.33 bits per heavy atom. The zero-order valence-electron chi connectivity index (χ0n) is 7.18. The molecular formula is C8H4ClFN2O2S. The monoisotopic (exact) mass is 246 g/mol. The molecule has 0 spiro atoms. The predicted molar refractivity (Wildman–Crippen MR) is 52.8 cm³/mol. The van der Waals surface area contributed by atoms with Crippen molar-refractivity contribution < 1.29 is 12.3 Å². The topological polar surface area (TPSA) is 59.9 Å². The van der Waals surface area contributed by atoms with Crippen molar-refractivity contribution in [2.24, 2.45) is 0 Å². The molecule has 0 saturated carbocycles. The minimum Gasteiger partial charge on any atom is -0.188 e. The van der Waals surface area contributed by atoms with Crippen molar-refractivity contribution in [3.63, 3.8) is 0 Å². The van der Waals surface area contributed by atoms with Gasteiger partial charge in [0.2, 0.25) is 5.03 Å². The maximum Gasteiger partial charge on any atom is 0.352 e. The minimum absolute atomic E-state index is 0.0398. The number of nitrogens with zero attached hydrogens (tertiary/aromatic N) is 2. The second kappa shape index (κ2) is 3.39. The highest BCUT2D eigenvalue weighted by Crippen LogP contribution is 2.25. The molecule has 78 valence electrons. The number of fused-ring (bicyclic) bond motifs is 1. The van der Waals surface area contributed by atoms with E-state index in [1.54, 1.807) is 18.2 Å². The van der Waals surface area contributed by atoms with Gasteiger partial charge in [0.25, 0.3) is 0 Å². The third-order valence-corrected chi connectivity index (χ3v) is 2.88. The lowest BCUT2D eigenvalue weighted by Gasteiger charge is -2.01. The van der Waals surface area contributed by atoms with Crippen LogP contribution in [0.5, 0.6) is 0 Å². The smallest absolute Gasteiger partial charge is 0.188 e. The molecular weight excluding hydrogens is 243 g/mol. The van der Waals surface area contributed by atoms with Crippen LogP contribution in [-0.4, -0.2) is 18.6 Å². The van der Waals surface area contributed by atoms with Crippen LogP contribution in [0.2, 0.25) is 5.15 Å². The fourth-order valence-corrected chi connectivity index (χ4v) is 2.01. The molecule has 1 heterocycles.